The molecule has 1 aromatic heterocycles. The predicted molar refractivity (Wildman–Crippen MR) is 110 cm³/mol. The second-order valence-electron chi connectivity index (χ2n) is 5.73. The number of para-hydroxylation sites is 1. The number of amides is 1. The largest absolute Gasteiger partial charge is 0.335 e. The number of rotatable bonds is 7. The third-order valence-electron chi connectivity index (χ3n) is 3.92. The molecule has 0 aliphatic heterocycles. The average Bonchev–Trinajstić information content (AvgIpc) is 3.08. The summed E-state index contributed by atoms with van der Waals surface area (Å²) >= 11 is 7.37. The quantitative estimate of drug-likeness (QED) is 0.471. The number of nitriles is 1. The average molecular weight is 413 g/mol. The first-order valence-electron chi connectivity index (χ1n) is 8.42. The van der Waals surface area contributed by atoms with Crippen LogP contribution in [-0.4, -0.2) is 33.1 Å². The van der Waals surface area contributed by atoms with Gasteiger partial charge in [0, 0.05) is 17.8 Å². The molecule has 9 heteroatoms. The zero-order valence-corrected chi connectivity index (χ0v) is 16.4. The third-order valence-corrected chi connectivity index (χ3v) is 5.18. The lowest BCUT2D eigenvalue weighted by atomic mass is 10.2. The first-order chi connectivity index (χ1) is 13.6. The summed E-state index contributed by atoms with van der Waals surface area (Å²) in [5.41, 5.74) is 1.41. The van der Waals surface area contributed by atoms with E-state index in [1.807, 2.05) is 42.5 Å². The summed E-state index contributed by atoms with van der Waals surface area (Å²) in [6.07, 6.45) is 0.245. The van der Waals surface area contributed by atoms with Crippen molar-refractivity contribution in [1.82, 2.24) is 14.9 Å². The number of thioether (sulfide) groups is 1. The van der Waals surface area contributed by atoms with Crippen LogP contribution in [0.2, 0.25) is 5.02 Å². The molecule has 0 atom stereocenters. The van der Waals surface area contributed by atoms with E-state index in [9.17, 15) is 4.79 Å². The Morgan fingerprint density at radius 2 is 1.89 bits per heavy atom. The van der Waals surface area contributed by atoms with Crippen LogP contribution in [-0.2, 0) is 4.79 Å². The summed E-state index contributed by atoms with van der Waals surface area (Å²) in [7, 11) is 0. The number of nitrogens with zero attached hydrogens (tertiary/aromatic N) is 5. The summed E-state index contributed by atoms with van der Waals surface area (Å²) in [6, 6.07) is 18.5. The first-order valence-corrected chi connectivity index (χ1v) is 9.78. The van der Waals surface area contributed by atoms with Crippen molar-refractivity contribution in [3.63, 3.8) is 0 Å². The molecule has 0 saturated heterocycles. The van der Waals surface area contributed by atoms with Gasteiger partial charge in [0.2, 0.25) is 11.1 Å². The second-order valence-corrected chi connectivity index (χ2v) is 7.08. The number of nitrogens with two attached hydrogens (primary N) is 1. The molecule has 28 heavy (non-hydrogen) atoms. The fourth-order valence-electron chi connectivity index (χ4n) is 2.57. The molecule has 142 valence electrons. The molecule has 3 aromatic rings. The molecular weight excluding hydrogens is 396 g/mol. The van der Waals surface area contributed by atoms with Crippen LogP contribution < -0.4 is 10.7 Å². The Hall–Kier alpha value is -3.02. The minimum atomic E-state index is -0.145. The van der Waals surface area contributed by atoms with Gasteiger partial charge in [-0.15, -0.1) is 10.2 Å². The summed E-state index contributed by atoms with van der Waals surface area (Å²) in [6.45, 7) is 0.320. The number of carbonyl (C=O) groups excluding carboxylic acids is 1. The maximum atomic E-state index is 12.7. The summed E-state index contributed by atoms with van der Waals surface area (Å²) < 4.78 is 1.32. The van der Waals surface area contributed by atoms with E-state index in [0.29, 0.717) is 28.1 Å². The number of halogens is 1. The van der Waals surface area contributed by atoms with E-state index < -0.39 is 0 Å². The highest BCUT2D eigenvalue weighted by Crippen LogP contribution is 2.28. The van der Waals surface area contributed by atoms with Gasteiger partial charge in [0.1, 0.15) is 0 Å². The molecule has 2 aromatic carbocycles. The molecule has 0 radical (unpaired) electrons. The number of nitrogen functional groups attached to an aromatic ring is 1. The smallest absolute Gasteiger partial charge is 0.237 e. The van der Waals surface area contributed by atoms with Gasteiger partial charge in [-0.25, -0.2) is 4.68 Å². The lowest BCUT2D eigenvalue weighted by Gasteiger charge is -2.21. The molecule has 7 nitrogen and oxygen atoms in total. The topological polar surface area (TPSA) is 101 Å². The Morgan fingerprint density at radius 1 is 1.18 bits per heavy atom. The van der Waals surface area contributed by atoms with Gasteiger partial charge in [-0.1, -0.05) is 53.7 Å². The minimum Gasteiger partial charge on any atom is -0.335 e. The Labute approximate surface area is 171 Å². The molecule has 0 bridgehead atoms. The van der Waals surface area contributed by atoms with E-state index in [1.54, 1.807) is 17.0 Å². The predicted octanol–water partition coefficient (Wildman–Crippen LogP) is 3.35. The molecule has 0 unspecified atom stereocenters. The van der Waals surface area contributed by atoms with Crippen LogP contribution in [0.1, 0.15) is 6.42 Å². The van der Waals surface area contributed by atoms with Crippen molar-refractivity contribution in [2.45, 2.75) is 11.6 Å². The Bertz CT molecular complexity index is 1000. The highest BCUT2D eigenvalue weighted by Gasteiger charge is 2.19. The van der Waals surface area contributed by atoms with Crippen molar-refractivity contribution in [3.05, 3.63) is 59.6 Å². The van der Waals surface area contributed by atoms with Crippen molar-refractivity contribution in [2.75, 3.05) is 23.0 Å². The first kappa shape index (κ1) is 19.7. The van der Waals surface area contributed by atoms with Gasteiger partial charge in [-0.05, 0) is 24.3 Å². The number of hydrogen-bond donors (Lipinski definition) is 1. The maximum absolute atomic E-state index is 12.7. The highest BCUT2D eigenvalue weighted by molar-refractivity contribution is 7.99. The van der Waals surface area contributed by atoms with Crippen molar-refractivity contribution < 1.29 is 4.79 Å². The van der Waals surface area contributed by atoms with E-state index in [2.05, 4.69) is 16.3 Å². The molecule has 0 saturated carbocycles. The number of anilines is 1. The maximum Gasteiger partial charge on any atom is 0.237 e. The molecule has 2 N–H and O–H groups in total. The fraction of sp³-hybridized carbons (Fsp3) is 0.158. The molecule has 3 rings (SSSR count). The van der Waals surface area contributed by atoms with Crippen molar-refractivity contribution in [2.24, 2.45) is 0 Å². The number of hydrogen-bond acceptors (Lipinski definition) is 6. The molecule has 0 spiro atoms. The van der Waals surface area contributed by atoms with Gasteiger partial charge in [0.25, 0.3) is 0 Å². The lowest BCUT2D eigenvalue weighted by Crippen LogP contribution is -2.33. The summed E-state index contributed by atoms with van der Waals surface area (Å²) in [5, 5.41) is 18.0. The van der Waals surface area contributed by atoms with E-state index in [-0.39, 0.29) is 18.1 Å². The summed E-state index contributed by atoms with van der Waals surface area (Å²) in [5.74, 6) is 6.49. The van der Waals surface area contributed by atoms with Crippen LogP contribution in [0.25, 0.3) is 11.4 Å². The normalized spacial score (nSPS) is 10.4. The summed E-state index contributed by atoms with van der Waals surface area (Å²) in [4.78, 5) is 14.3. The molecule has 0 aliphatic rings. The van der Waals surface area contributed by atoms with Crippen molar-refractivity contribution >= 4 is 35.0 Å². The van der Waals surface area contributed by atoms with Gasteiger partial charge in [0.15, 0.2) is 5.82 Å². The van der Waals surface area contributed by atoms with Crippen LogP contribution >= 0.6 is 23.4 Å². The van der Waals surface area contributed by atoms with Crippen molar-refractivity contribution in [1.29, 1.82) is 5.26 Å². The fourth-order valence-corrected chi connectivity index (χ4v) is 3.53. The van der Waals surface area contributed by atoms with E-state index in [0.717, 1.165) is 5.69 Å². The standard InChI is InChI=1S/C19H17ClN6OS/c20-16-10-5-4-9-15(16)18-23-24-19(26(18)22)28-13-17(27)25(12-6-11-21)14-7-2-1-3-8-14/h1-5,7-10H,6,12-13,22H2. The highest BCUT2D eigenvalue weighted by atomic mass is 35.5. The van der Waals surface area contributed by atoms with Gasteiger partial charge in [0.05, 0.1) is 23.3 Å². The molecule has 1 heterocycles. The number of benzene rings is 2. The SMILES string of the molecule is N#CCCN(C(=O)CSc1nnc(-c2ccccc2Cl)n1N)c1ccccc1. The monoisotopic (exact) mass is 412 g/mol. The lowest BCUT2D eigenvalue weighted by molar-refractivity contribution is -0.116. The van der Waals surface area contributed by atoms with Gasteiger partial charge >= 0.3 is 0 Å². The zero-order chi connectivity index (χ0) is 19.9. The number of aromatic nitrogens is 3. The number of carbonyl (C=O) groups is 1. The van der Waals surface area contributed by atoms with Gasteiger partial charge < -0.3 is 10.7 Å². The van der Waals surface area contributed by atoms with Crippen LogP contribution in [0, 0.1) is 11.3 Å². The molecule has 1 amide bonds. The van der Waals surface area contributed by atoms with Crippen LogP contribution in [0.3, 0.4) is 0 Å². The van der Waals surface area contributed by atoms with Crippen LogP contribution in [0.4, 0.5) is 5.69 Å². The van der Waals surface area contributed by atoms with Gasteiger partial charge in [-0.2, -0.15) is 5.26 Å². The van der Waals surface area contributed by atoms with Crippen molar-refractivity contribution in [3.8, 4) is 17.5 Å². The van der Waals surface area contributed by atoms with Crippen LogP contribution in [0.15, 0.2) is 59.8 Å². The molecular formula is C19H17ClN6OS. The van der Waals surface area contributed by atoms with E-state index in [1.165, 1.54) is 16.4 Å². The third kappa shape index (κ3) is 4.44. The molecule has 0 fully saturated rings. The van der Waals surface area contributed by atoms with E-state index >= 15 is 0 Å². The van der Waals surface area contributed by atoms with Crippen LogP contribution in [0.5, 0.6) is 0 Å². The minimum absolute atomic E-state index is 0.109. The molecule has 0 aliphatic carbocycles. The Balaban J connectivity index is 1.73. The van der Waals surface area contributed by atoms with E-state index in [4.69, 9.17) is 22.7 Å². The second kappa shape index (κ2) is 9.26. The van der Waals surface area contributed by atoms with Gasteiger partial charge in [-0.3, -0.25) is 4.79 Å². The zero-order valence-electron chi connectivity index (χ0n) is 14.8. The Kier molecular flexibility index (Phi) is 6.53. The Morgan fingerprint density at radius 3 is 2.61 bits per heavy atom.